The van der Waals surface area contributed by atoms with E-state index in [0.717, 1.165) is 44.1 Å². The first kappa shape index (κ1) is 23.7. The summed E-state index contributed by atoms with van der Waals surface area (Å²) >= 11 is 0. The van der Waals surface area contributed by atoms with Gasteiger partial charge in [-0.25, -0.2) is 9.59 Å². The van der Waals surface area contributed by atoms with Gasteiger partial charge in [-0.2, -0.15) is 0 Å². The summed E-state index contributed by atoms with van der Waals surface area (Å²) in [5.41, 5.74) is 0.942. The minimum atomic E-state index is -0.538. The highest BCUT2D eigenvalue weighted by atomic mass is 16.5. The number of nitrogens with one attached hydrogen (secondary N) is 2. The average Bonchev–Trinajstić information content (AvgIpc) is 2.79. The first-order chi connectivity index (χ1) is 14.6. The Bertz CT molecular complexity index is 659. The van der Waals surface area contributed by atoms with Gasteiger partial charge in [0.25, 0.3) is 0 Å². The zero-order valence-electron chi connectivity index (χ0n) is 17.9. The highest BCUT2D eigenvalue weighted by Crippen LogP contribution is 2.27. The lowest BCUT2D eigenvalue weighted by atomic mass is 9.84. The Labute approximate surface area is 178 Å². The van der Waals surface area contributed by atoms with Gasteiger partial charge in [-0.05, 0) is 37.2 Å². The van der Waals surface area contributed by atoms with Gasteiger partial charge in [-0.15, -0.1) is 0 Å². The van der Waals surface area contributed by atoms with E-state index in [1.54, 1.807) is 0 Å². The van der Waals surface area contributed by atoms with Gasteiger partial charge in [-0.1, -0.05) is 56.0 Å². The van der Waals surface area contributed by atoms with Gasteiger partial charge < -0.3 is 20.1 Å². The standard InChI is InChI=1S/C23H34N2O5/c1-29-22(27)21(19-13-7-3-8-14-19)25-20(26)15-9-4-10-16-24-23(28)30-17-18-11-5-2-6-12-18/h2,5-6,11-12,19,21H,3-4,7-10,13-17H2,1H3,(H,24,28)(H,25,26)/t21-/m0/s1. The maximum absolute atomic E-state index is 12.3. The highest BCUT2D eigenvalue weighted by Gasteiger charge is 2.31. The second kappa shape index (κ2) is 13.6. The van der Waals surface area contributed by atoms with Crippen molar-refractivity contribution in [3.8, 4) is 0 Å². The number of unbranched alkanes of at least 4 members (excludes halogenated alkanes) is 2. The Balaban J connectivity index is 1.56. The molecule has 1 fully saturated rings. The molecule has 0 radical (unpaired) electrons. The summed E-state index contributed by atoms with van der Waals surface area (Å²) in [5, 5.41) is 5.59. The molecule has 2 N–H and O–H groups in total. The van der Waals surface area contributed by atoms with Crippen LogP contribution in [0.15, 0.2) is 30.3 Å². The molecule has 0 saturated heterocycles. The molecule has 1 aliphatic carbocycles. The molecule has 0 heterocycles. The largest absolute Gasteiger partial charge is 0.467 e. The van der Waals surface area contributed by atoms with Crippen LogP contribution in [0.25, 0.3) is 0 Å². The van der Waals surface area contributed by atoms with E-state index in [1.165, 1.54) is 13.5 Å². The predicted octanol–water partition coefficient (Wildman–Crippen LogP) is 3.71. The van der Waals surface area contributed by atoms with Crippen LogP contribution in [-0.4, -0.2) is 37.7 Å². The Hall–Kier alpha value is -2.57. The van der Waals surface area contributed by atoms with E-state index in [0.29, 0.717) is 19.4 Å². The van der Waals surface area contributed by atoms with Crippen molar-refractivity contribution in [1.82, 2.24) is 10.6 Å². The number of ether oxygens (including phenoxy) is 2. The predicted molar refractivity (Wildman–Crippen MR) is 114 cm³/mol. The number of benzene rings is 1. The molecule has 0 aromatic heterocycles. The zero-order chi connectivity index (χ0) is 21.6. The quantitative estimate of drug-likeness (QED) is 0.422. The van der Waals surface area contributed by atoms with Crippen molar-refractivity contribution in [3.05, 3.63) is 35.9 Å². The van der Waals surface area contributed by atoms with Gasteiger partial charge >= 0.3 is 12.1 Å². The minimum absolute atomic E-state index is 0.119. The number of esters is 1. The molecule has 7 heteroatoms. The second-order valence-corrected chi connectivity index (χ2v) is 7.77. The number of rotatable bonds is 11. The molecule has 1 atom stereocenters. The molecule has 30 heavy (non-hydrogen) atoms. The molecule has 2 amide bonds. The van der Waals surface area contributed by atoms with Crippen molar-refractivity contribution in [2.45, 2.75) is 70.4 Å². The lowest BCUT2D eigenvalue weighted by Gasteiger charge is -2.29. The minimum Gasteiger partial charge on any atom is -0.467 e. The van der Waals surface area contributed by atoms with Crippen molar-refractivity contribution < 1.29 is 23.9 Å². The van der Waals surface area contributed by atoms with Crippen LogP contribution in [-0.2, 0) is 25.7 Å². The van der Waals surface area contributed by atoms with E-state index in [-0.39, 0.29) is 24.4 Å². The fourth-order valence-electron chi connectivity index (χ4n) is 3.76. The average molecular weight is 419 g/mol. The number of carbonyl (C=O) groups is 3. The molecule has 1 aromatic rings. The van der Waals surface area contributed by atoms with Crippen molar-refractivity contribution >= 4 is 18.0 Å². The molecule has 2 rings (SSSR count). The normalized spacial score (nSPS) is 15.1. The van der Waals surface area contributed by atoms with Gasteiger partial charge in [0.05, 0.1) is 7.11 Å². The smallest absolute Gasteiger partial charge is 0.407 e. The van der Waals surface area contributed by atoms with Gasteiger partial charge in [0, 0.05) is 13.0 Å². The Morgan fingerprint density at radius 1 is 1.03 bits per heavy atom. The Kier molecular flexibility index (Phi) is 10.8. The van der Waals surface area contributed by atoms with E-state index in [9.17, 15) is 14.4 Å². The third kappa shape index (κ3) is 8.84. The van der Waals surface area contributed by atoms with Gasteiger partial charge in [0.15, 0.2) is 0 Å². The van der Waals surface area contributed by atoms with Crippen LogP contribution in [0.4, 0.5) is 4.79 Å². The van der Waals surface area contributed by atoms with Crippen molar-refractivity contribution in [2.24, 2.45) is 5.92 Å². The number of hydrogen-bond acceptors (Lipinski definition) is 5. The van der Waals surface area contributed by atoms with Gasteiger partial charge in [-0.3, -0.25) is 4.79 Å². The first-order valence-corrected chi connectivity index (χ1v) is 10.9. The summed E-state index contributed by atoms with van der Waals surface area (Å²) < 4.78 is 10.0. The van der Waals surface area contributed by atoms with Crippen LogP contribution >= 0.6 is 0 Å². The van der Waals surface area contributed by atoms with Crippen molar-refractivity contribution in [2.75, 3.05) is 13.7 Å². The van der Waals surface area contributed by atoms with E-state index in [1.807, 2.05) is 30.3 Å². The van der Waals surface area contributed by atoms with E-state index < -0.39 is 12.1 Å². The second-order valence-electron chi connectivity index (χ2n) is 7.77. The number of amides is 2. The zero-order valence-corrected chi connectivity index (χ0v) is 17.9. The molecular formula is C23H34N2O5. The SMILES string of the molecule is COC(=O)[C@@H](NC(=O)CCCCCNC(=O)OCc1ccccc1)C1CCCCC1. The topological polar surface area (TPSA) is 93.7 Å². The summed E-state index contributed by atoms with van der Waals surface area (Å²) in [4.78, 5) is 36.0. The van der Waals surface area contributed by atoms with Crippen LogP contribution in [0.3, 0.4) is 0 Å². The molecule has 7 nitrogen and oxygen atoms in total. The fraction of sp³-hybridized carbons (Fsp3) is 0.609. The van der Waals surface area contributed by atoms with Crippen LogP contribution in [0.2, 0.25) is 0 Å². The lowest BCUT2D eigenvalue weighted by Crippen LogP contribution is -2.47. The summed E-state index contributed by atoms with van der Waals surface area (Å²) in [6.45, 7) is 0.747. The number of alkyl carbamates (subject to hydrolysis) is 1. The lowest BCUT2D eigenvalue weighted by molar-refractivity contribution is -0.147. The maximum atomic E-state index is 12.3. The summed E-state index contributed by atoms with van der Waals surface area (Å²) in [6.07, 6.45) is 7.46. The molecule has 0 unspecified atom stereocenters. The molecule has 166 valence electrons. The highest BCUT2D eigenvalue weighted by molar-refractivity contribution is 5.84. The van der Waals surface area contributed by atoms with Crippen LogP contribution in [0, 0.1) is 5.92 Å². The van der Waals surface area contributed by atoms with E-state index in [2.05, 4.69) is 10.6 Å². The number of hydrogen-bond donors (Lipinski definition) is 2. The summed E-state index contributed by atoms with van der Waals surface area (Å²) in [7, 11) is 1.36. The number of carbonyl (C=O) groups excluding carboxylic acids is 3. The summed E-state index contributed by atoms with van der Waals surface area (Å²) in [6, 6.07) is 8.97. The van der Waals surface area contributed by atoms with E-state index in [4.69, 9.17) is 9.47 Å². The van der Waals surface area contributed by atoms with Gasteiger partial charge in [0.2, 0.25) is 5.91 Å². The third-order valence-electron chi connectivity index (χ3n) is 5.46. The molecule has 1 aliphatic rings. The van der Waals surface area contributed by atoms with Gasteiger partial charge in [0.1, 0.15) is 12.6 Å². The number of methoxy groups -OCH3 is 1. The first-order valence-electron chi connectivity index (χ1n) is 10.9. The van der Waals surface area contributed by atoms with Crippen LogP contribution in [0.5, 0.6) is 0 Å². The Morgan fingerprint density at radius 2 is 1.77 bits per heavy atom. The third-order valence-corrected chi connectivity index (χ3v) is 5.46. The van der Waals surface area contributed by atoms with Crippen molar-refractivity contribution in [1.29, 1.82) is 0 Å². The molecular weight excluding hydrogens is 384 g/mol. The van der Waals surface area contributed by atoms with Crippen molar-refractivity contribution in [3.63, 3.8) is 0 Å². The summed E-state index contributed by atoms with van der Waals surface area (Å²) in [5.74, 6) is -0.305. The van der Waals surface area contributed by atoms with E-state index >= 15 is 0 Å². The van der Waals surface area contributed by atoms with Crippen LogP contribution < -0.4 is 10.6 Å². The Morgan fingerprint density at radius 3 is 2.47 bits per heavy atom. The molecule has 1 saturated carbocycles. The molecule has 1 aromatic carbocycles. The maximum Gasteiger partial charge on any atom is 0.407 e. The monoisotopic (exact) mass is 418 g/mol. The molecule has 0 bridgehead atoms. The molecule has 0 spiro atoms. The molecule has 0 aliphatic heterocycles. The fourth-order valence-corrected chi connectivity index (χ4v) is 3.76. The van der Waals surface area contributed by atoms with Crippen LogP contribution in [0.1, 0.15) is 63.4 Å².